The van der Waals surface area contributed by atoms with Gasteiger partial charge in [0.25, 0.3) is 0 Å². The number of halogens is 3. The highest BCUT2D eigenvalue weighted by molar-refractivity contribution is 8.12. The van der Waals surface area contributed by atoms with Gasteiger partial charge in [0, 0.05) is 18.6 Å². The lowest BCUT2D eigenvalue weighted by atomic mass is 10.3. The SMILES string of the molecule is CSN(SC)C(=O)Oc1cc(Cl)c(Cl)cc1Cl. The summed E-state index contributed by atoms with van der Waals surface area (Å²) < 4.78 is 6.46. The molecule has 0 aliphatic rings. The first-order valence-corrected chi connectivity index (χ1v) is 7.74. The summed E-state index contributed by atoms with van der Waals surface area (Å²) in [4.78, 5) is 11.7. The molecule has 0 spiro atoms. The van der Waals surface area contributed by atoms with Gasteiger partial charge in [-0.25, -0.2) is 4.79 Å². The van der Waals surface area contributed by atoms with Gasteiger partial charge in [-0.1, -0.05) is 34.8 Å². The number of carbonyl (C=O) groups excluding carboxylic acids is 1. The third-order valence-corrected chi connectivity index (χ3v) is 4.53. The molecule has 0 atom stereocenters. The Balaban J connectivity index is 2.88. The topological polar surface area (TPSA) is 29.5 Å². The van der Waals surface area contributed by atoms with E-state index in [0.29, 0.717) is 5.02 Å². The van der Waals surface area contributed by atoms with Gasteiger partial charge in [0.15, 0.2) is 5.75 Å². The molecule has 1 aromatic carbocycles. The highest BCUT2D eigenvalue weighted by Crippen LogP contribution is 2.34. The lowest BCUT2D eigenvalue weighted by molar-refractivity contribution is 0.197. The molecule has 3 nitrogen and oxygen atoms in total. The van der Waals surface area contributed by atoms with Crippen LogP contribution < -0.4 is 4.74 Å². The van der Waals surface area contributed by atoms with Crippen LogP contribution in [-0.4, -0.2) is 22.3 Å². The molecule has 0 aliphatic heterocycles. The number of hydrogen-bond donors (Lipinski definition) is 0. The average Bonchev–Trinajstić information content (AvgIpc) is 2.27. The number of nitrogens with zero attached hydrogens (tertiary/aromatic N) is 1. The van der Waals surface area contributed by atoms with E-state index in [1.807, 2.05) is 0 Å². The minimum atomic E-state index is -0.537. The summed E-state index contributed by atoms with van der Waals surface area (Å²) in [5.41, 5.74) is 0. The third kappa shape index (κ3) is 4.03. The molecule has 0 aliphatic carbocycles. The van der Waals surface area contributed by atoms with Gasteiger partial charge in [-0.2, -0.15) is 3.71 Å². The standard InChI is InChI=1S/C9H8Cl3NO2S2/c1-16-13(17-2)9(14)15-8-4-6(11)5(10)3-7(8)12/h3-4H,1-2H3. The van der Waals surface area contributed by atoms with Gasteiger partial charge in [0.1, 0.15) is 0 Å². The maximum Gasteiger partial charge on any atom is 0.435 e. The van der Waals surface area contributed by atoms with Crippen LogP contribution >= 0.6 is 58.7 Å². The van der Waals surface area contributed by atoms with Gasteiger partial charge in [-0.15, -0.1) is 0 Å². The van der Waals surface area contributed by atoms with E-state index in [4.69, 9.17) is 39.5 Å². The summed E-state index contributed by atoms with van der Waals surface area (Å²) in [6.45, 7) is 0. The highest BCUT2D eigenvalue weighted by atomic mass is 35.5. The Hall–Kier alpha value is 0.0600. The minimum absolute atomic E-state index is 0.180. The molecule has 0 aromatic heterocycles. The van der Waals surface area contributed by atoms with Crippen LogP contribution in [0.1, 0.15) is 0 Å². The predicted molar refractivity (Wildman–Crippen MR) is 76.4 cm³/mol. The normalized spacial score (nSPS) is 10.2. The van der Waals surface area contributed by atoms with Crippen LogP contribution in [0.2, 0.25) is 15.1 Å². The lowest BCUT2D eigenvalue weighted by Gasteiger charge is -2.15. The molecular formula is C9H8Cl3NO2S2. The van der Waals surface area contributed by atoms with E-state index in [1.54, 1.807) is 12.5 Å². The quantitative estimate of drug-likeness (QED) is 0.575. The predicted octanol–water partition coefficient (Wildman–Crippen LogP) is 5.00. The first kappa shape index (κ1) is 15.1. The summed E-state index contributed by atoms with van der Waals surface area (Å²) in [5.74, 6) is 0.180. The van der Waals surface area contributed by atoms with Crippen LogP contribution in [0, 0.1) is 0 Å². The molecule has 0 radical (unpaired) electrons. The molecule has 0 N–H and O–H groups in total. The molecule has 8 heteroatoms. The van der Waals surface area contributed by atoms with Gasteiger partial charge in [-0.05, 0) is 30.0 Å². The van der Waals surface area contributed by atoms with Crippen LogP contribution in [0.4, 0.5) is 4.79 Å². The second kappa shape index (κ2) is 6.85. The fourth-order valence-electron chi connectivity index (χ4n) is 0.937. The first-order valence-electron chi connectivity index (χ1n) is 4.24. The zero-order valence-electron chi connectivity index (χ0n) is 8.87. The Labute approximate surface area is 123 Å². The largest absolute Gasteiger partial charge is 0.435 e. The molecule has 0 bridgehead atoms. The van der Waals surface area contributed by atoms with Gasteiger partial charge in [0.2, 0.25) is 0 Å². The van der Waals surface area contributed by atoms with Crippen molar-refractivity contribution in [3.63, 3.8) is 0 Å². The van der Waals surface area contributed by atoms with Crippen molar-refractivity contribution in [2.75, 3.05) is 12.5 Å². The highest BCUT2D eigenvalue weighted by Gasteiger charge is 2.17. The fraction of sp³-hybridized carbons (Fsp3) is 0.222. The molecular weight excluding hydrogens is 325 g/mol. The van der Waals surface area contributed by atoms with Crippen LogP contribution in [0.25, 0.3) is 0 Å². The first-order chi connectivity index (χ1) is 7.99. The van der Waals surface area contributed by atoms with Crippen molar-refractivity contribution in [1.29, 1.82) is 0 Å². The van der Waals surface area contributed by atoms with E-state index in [1.165, 1.54) is 39.7 Å². The number of rotatable bonds is 3. The van der Waals surface area contributed by atoms with Crippen LogP contribution in [0.15, 0.2) is 12.1 Å². The Kier molecular flexibility index (Phi) is 6.09. The monoisotopic (exact) mass is 331 g/mol. The number of amides is 1. The van der Waals surface area contributed by atoms with E-state index < -0.39 is 6.09 Å². The molecule has 1 aromatic rings. The van der Waals surface area contributed by atoms with Crippen molar-refractivity contribution in [2.45, 2.75) is 0 Å². The molecule has 0 saturated heterocycles. The second-order valence-corrected chi connectivity index (χ2v) is 5.60. The fourth-order valence-corrected chi connectivity index (χ4v) is 2.48. The van der Waals surface area contributed by atoms with Crippen molar-refractivity contribution in [2.24, 2.45) is 0 Å². The Bertz CT molecular complexity index is 427. The smallest absolute Gasteiger partial charge is 0.407 e. The molecule has 0 unspecified atom stereocenters. The maximum atomic E-state index is 11.7. The molecule has 0 saturated carbocycles. The van der Waals surface area contributed by atoms with Gasteiger partial charge in [0.05, 0.1) is 15.1 Å². The van der Waals surface area contributed by atoms with Crippen molar-refractivity contribution in [1.82, 2.24) is 3.71 Å². The van der Waals surface area contributed by atoms with Crippen LogP contribution in [0.5, 0.6) is 5.75 Å². The Morgan fingerprint density at radius 1 is 1.12 bits per heavy atom. The lowest BCUT2D eigenvalue weighted by Crippen LogP contribution is -2.20. The van der Waals surface area contributed by atoms with E-state index >= 15 is 0 Å². The van der Waals surface area contributed by atoms with E-state index in [2.05, 4.69) is 0 Å². The number of carbonyl (C=O) groups is 1. The van der Waals surface area contributed by atoms with Crippen molar-refractivity contribution < 1.29 is 9.53 Å². The maximum absolute atomic E-state index is 11.7. The summed E-state index contributed by atoms with van der Waals surface area (Å²) in [6, 6.07) is 2.83. The van der Waals surface area contributed by atoms with Crippen LogP contribution in [0.3, 0.4) is 0 Å². The summed E-state index contributed by atoms with van der Waals surface area (Å²) in [6.07, 6.45) is 2.98. The van der Waals surface area contributed by atoms with Crippen molar-refractivity contribution in [3.8, 4) is 5.75 Å². The molecule has 1 amide bonds. The summed E-state index contributed by atoms with van der Waals surface area (Å²) in [7, 11) is 0. The Morgan fingerprint density at radius 3 is 2.18 bits per heavy atom. The Morgan fingerprint density at radius 2 is 1.65 bits per heavy atom. The summed E-state index contributed by atoms with van der Waals surface area (Å²) >= 11 is 19.9. The van der Waals surface area contributed by atoms with Crippen molar-refractivity contribution >= 4 is 64.8 Å². The summed E-state index contributed by atoms with van der Waals surface area (Å²) in [5, 5.41) is 0.816. The molecule has 0 fully saturated rings. The van der Waals surface area contributed by atoms with Crippen LogP contribution in [-0.2, 0) is 0 Å². The van der Waals surface area contributed by atoms with Crippen molar-refractivity contribution in [3.05, 3.63) is 27.2 Å². The third-order valence-electron chi connectivity index (χ3n) is 1.65. The minimum Gasteiger partial charge on any atom is -0.407 e. The second-order valence-electron chi connectivity index (χ2n) is 2.69. The zero-order chi connectivity index (χ0) is 13.0. The van der Waals surface area contributed by atoms with E-state index in [9.17, 15) is 4.79 Å². The van der Waals surface area contributed by atoms with E-state index in [-0.39, 0.29) is 15.8 Å². The molecule has 94 valence electrons. The number of hydrogen-bond acceptors (Lipinski definition) is 4. The zero-order valence-corrected chi connectivity index (χ0v) is 12.8. The molecule has 1 rings (SSSR count). The van der Waals surface area contributed by atoms with Gasteiger partial charge in [-0.3, -0.25) is 0 Å². The average molecular weight is 333 g/mol. The molecule has 17 heavy (non-hydrogen) atoms. The molecule has 0 heterocycles. The van der Waals surface area contributed by atoms with E-state index in [0.717, 1.165) is 0 Å². The number of ether oxygens (including phenoxy) is 1. The van der Waals surface area contributed by atoms with Gasteiger partial charge < -0.3 is 4.74 Å². The van der Waals surface area contributed by atoms with Gasteiger partial charge >= 0.3 is 6.09 Å². The number of benzene rings is 1.